The van der Waals surface area contributed by atoms with Gasteiger partial charge in [0, 0.05) is 12.7 Å². The van der Waals surface area contributed by atoms with Crippen LogP contribution in [0.25, 0.3) is 11.1 Å². The van der Waals surface area contributed by atoms with Crippen molar-refractivity contribution in [2.24, 2.45) is 0 Å². The predicted molar refractivity (Wildman–Crippen MR) is 84.8 cm³/mol. The number of carbonyl (C=O) groups is 2. The number of aliphatic carboxylic acids is 1. The van der Waals surface area contributed by atoms with Gasteiger partial charge in [-0.2, -0.15) is 0 Å². The van der Waals surface area contributed by atoms with Gasteiger partial charge in [-0.25, -0.2) is 14.2 Å². The fraction of sp³-hybridized carbons (Fsp3) is 0.176. The molecule has 0 aliphatic carbocycles. The molecule has 0 saturated heterocycles. The van der Waals surface area contributed by atoms with Gasteiger partial charge < -0.3 is 14.4 Å². The SMILES string of the molecule is CC(c1ncccc1F)N(Cc1ccc2ncoc2c1)C(=O)C(=O)O. The first-order chi connectivity index (χ1) is 12.0. The summed E-state index contributed by atoms with van der Waals surface area (Å²) >= 11 is 0. The monoisotopic (exact) mass is 343 g/mol. The first-order valence-electron chi connectivity index (χ1n) is 7.44. The topological polar surface area (TPSA) is 96.5 Å². The molecule has 2 aromatic heterocycles. The Hall–Kier alpha value is -3.29. The van der Waals surface area contributed by atoms with Gasteiger partial charge in [0.25, 0.3) is 0 Å². The highest BCUT2D eigenvalue weighted by atomic mass is 19.1. The molecule has 0 fully saturated rings. The van der Waals surface area contributed by atoms with E-state index >= 15 is 0 Å². The number of pyridine rings is 1. The Bertz CT molecular complexity index is 940. The summed E-state index contributed by atoms with van der Waals surface area (Å²) in [4.78, 5) is 32.3. The maximum Gasteiger partial charge on any atom is 0.394 e. The second-order valence-electron chi connectivity index (χ2n) is 5.44. The molecule has 0 aliphatic heterocycles. The maximum atomic E-state index is 14.0. The minimum atomic E-state index is -1.62. The molecule has 0 saturated carbocycles. The summed E-state index contributed by atoms with van der Waals surface area (Å²) in [6, 6.07) is 6.83. The molecule has 3 aromatic rings. The van der Waals surface area contributed by atoms with Crippen molar-refractivity contribution in [1.29, 1.82) is 0 Å². The van der Waals surface area contributed by atoms with Crippen molar-refractivity contribution in [1.82, 2.24) is 14.9 Å². The molecular weight excluding hydrogens is 329 g/mol. The number of aromatic nitrogens is 2. The number of oxazole rings is 1. The molecule has 1 atom stereocenters. The zero-order valence-electron chi connectivity index (χ0n) is 13.2. The van der Waals surface area contributed by atoms with Crippen molar-refractivity contribution >= 4 is 23.0 Å². The number of rotatable bonds is 4. The zero-order valence-corrected chi connectivity index (χ0v) is 13.2. The molecule has 0 aliphatic rings. The summed E-state index contributed by atoms with van der Waals surface area (Å²) in [6.07, 6.45) is 2.68. The van der Waals surface area contributed by atoms with Gasteiger partial charge in [0.2, 0.25) is 0 Å². The number of benzene rings is 1. The van der Waals surface area contributed by atoms with Crippen molar-refractivity contribution in [3.8, 4) is 0 Å². The van der Waals surface area contributed by atoms with Gasteiger partial charge in [0.05, 0.1) is 11.7 Å². The first kappa shape index (κ1) is 16.6. The number of amides is 1. The third kappa shape index (κ3) is 3.32. The van der Waals surface area contributed by atoms with Crippen LogP contribution in [0.2, 0.25) is 0 Å². The normalized spacial score (nSPS) is 12.1. The van der Waals surface area contributed by atoms with Crippen LogP contribution in [0.15, 0.2) is 47.3 Å². The van der Waals surface area contributed by atoms with Crippen LogP contribution in [0.5, 0.6) is 0 Å². The van der Waals surface area contributed by atoms with E-state index in [1.807, 2.05) is 0 Å². The van der Waals surface area contributed by atoms with E-state index in [1.54, 1.807) is 18.2 Å². The second kappa shape index (κ2) is 6.68. The third-order valence-corrected chi connectivity index (χ3v) is 3.84. The summed E-state index contributed by atoms with van der Waals surface area (Å²) in [5.74, 6) is -3.37. The number of carboxylic acid groups (broad SMARTS) is 1. The molecule has 1 N–H and O–H groups in total. The maximum absolute atomic E-state index is 14.0. The van der Waals surface area contributed by atoms with E-state index in [0.717, 1.165) is 4.90 Å². The Morgan fingerprint density at radius 1 is 1.32 bits per heavy atom. The number of carboxylic acids is 1. The van der Waals surface area contributed by atoms with Crippen LogP contribution in [-0.4, -0.2) is 31.9 Å². The third-order valence-electron chi connectivity index (χ3n) is 3.84. The molecular formula is C17H14FN3O4. The summed E-state index contributed by atoms with van der Waals surface area (Å²) in [5.41, 5.74) is 1.78. The van der Waals surface area contributed by atoms with Crippen LogP contribution < -0.4 is 0 Å². The predicted octanol–water partition coefficient (Wildman–Crippen LogP) is 2.54. The molecule has 8 heteroatoms. The van der Waals surface area contributed by atoms with Crippen molar-refractivity contribution in [2.75, 3.05) is 0 Å². The Morgan fingerprint density at radius 3 is 2.84 bits per heavy atom. The van der Waals surface area contributed by atoms with Gasteiger partial charge in [-0.1, -0.05) is 6.07 Å². The number of hydrogen-bond acceptors (Lipinski definition) is 5. The minimum Gasteiger partial charge on any atom is -0.474 e. The van der Waals surface area contributed by atoms with Crippen LogP contribution in [0, 0.1) is 5.82 Å². The van der Waals surface area contributed by atoms with E-state index in [1.165, 1.54) is 31.6 Å². The summed E-state index contributed by atoms with van der Waals surface area (Å²) in [5, 5.41) is 9.10. The van der Waals surface area contributed by atoms with Crippen molar-refractivity contribution in [3.63, 3.8) is 0 Å². The molecule has 1 amide bonds. The van der Waals surface area contributed by atoms with Crippen LogP contribution in [0.1, 0.15) is 24.2 Å². The highest BCUT2D eigenvalue weighted by molar-refractivity contribution is 6.31. The fourth-order valence-electron chi connectivity index (χ4n) is 2.55. The van der Waals surface area contributed by atoms with Gasteiger partial charge in [-0.15, -0.1) is 0 Å². The Kier molecular flexibility index (Phi) is 4.42. The Labute approximate surface area is 141 Å². The van der Waals surface area contributed by atoms with Gasteiger partial charge in [-0.3, -0.25) is 9.78 Å². The van der Waals surface area contributed by atoms with E-state index in [9.17, 15) is 14.0 Å². The van der Waals surface area contributed by atoms with Crippen LogP contribution in [0.4, 0.5) is 4.39 Å². The first-order valence-corrected chi connectivity index (χ1v) is 7.44. The van der Waals surface area contributed by atoms with Gasteiger partial charge in [0.1, 0.15) is 11.3 Å². The second-order valence-corrected chi connectivity index (χ2v) is 5.44. The molecule has 3 rings (SSSR count). The average Bonchev–Trinajstić information content (AvgIpc) is 3.06. The molecule has 0 bridgehead atoms. The molecule has 128 valence electrons. The standard InChI is InChI=1S/C17H14FN3O4/c1-10(15-12(18)3-2-6-19-15)21(16(22)17(23)24)8-11-4-5-13-14(7-11)25-9-20-13/h2-7,9-10H,8H2,1H3,(H,23,24). The Balaban J connectivity index is 1.95. The minimum absolute atomic E-state index is 0.00200. The lowest BCUT2D eigenvalue weighted by atomic mass is 10.1. The highest BCUT2D eigenvalue weighted by Gasteiger charge is 2.29. The molecule has 25 heavy (non-hydrogen) atoms. The molecule has 0 radical (unpaired) electrons. The van der Waals surface area contributed by atoms with E-state index in [4.69, 9.17) is 9.52 Å². The number of fused-ring (bicyclic) bond motifs is 1. The van der Waals surface area contributed by atoms with E-state index in [2.05, 4.69) is 9.97 Å². The van der Waals surface area contributed by atoms with Crippen molar-refractivity contribution < 1.29 is 23.5 Å². The number of nitrogens with zero attached hydrogens (tertiary/aromatic N) is 3. The lowest BCUT2D eigenvalue weighted by molar-refractivity contribution is -0.157. The highest BCUT2D eigenvalue weighted by Crippen LogP contribution is 2.24. The molecule has 1 unspecified atom stereocenters. The van der Waals surface area contributed by atoms with E-state index in [-0.39, 0.29) is 12.2 Å². The van der Waals surface area contributed by atoms with Crippen LogP contribution >= 0.6 is 0 Å². The van der Waals surface area contributed by atoms with Gasteiger partial charge in [0.15, 0.2) is 12.0 Å². The quantitative estimate of drug-likeness (QED) is 0.731. The molecule has 0 spiro atoms. The van der Waals surface area contributed by atoms with E-state index in [0.29, 0.717) is 16.7 Å². The number of carbonyl (C=O) groups excluding carboxylic acids is 1. The van der Waals surface area contributed by atoms with Crippen molar-refractivity contribution in [2.45, 2.75) is 19.5 Å². The fourth-order valence-corrected chi connectivity index (χ4v) is 2.55. The molecule has 7 nitrogen and oxygen atoms in total. The van der Waals surface area contributed by atoms with Crippen LogP contribution in [-0.2, 0) is 16.1 Å². The Morgan fingerprint density at radius 2 is 2.12 bits per heavy atom. The summed E-state index contributed by atoms with van der Waals surface area (Å²) in [7, 11) is 0. The van der Waals surface area contributed by atoms with Crippen molar-refractivity contribution in [3.05, 3.63) is 60.0 Å². The summed E-state index contributed by atoms with van der Waals surface area (Å²) < 4.78 is 19.2. The largest absolute Gasteiger partial charge is 0.474 e. The van der Waals surface area contributed by atoms with Crippen LogP contribution in [0.3, 0.4) is 0 Å². The smallest absolute Gasteiger partial charge is 0.394 e. The zero-order chi connectivity index (χ0) is 18.0. The number of halogens is 1. The van der Waals surface area contributed by atoms with Gasteiger partial charge >= 0.3 is 11.9 Å². The number of hydrogen-bond donors (Lipinski definition) is 1. The van der Waals surface area contributed by atoms with E-state index < -0.39 is 23.7 Å². The molecule has 1 aromatic carbocycles. The van der Waals surface area contributed by atoms with Gasteiger partial charge in [-0.05, 0) is 36.8 Å². The summed E-state index contributed by atoms with van der Waals surface area (Å²) in [6.45, 7) is 1.48. The lowest BCUT2D eigenvalue weighted by Crippen LogP contribution is -2.38. The average molecular weight is 343 g/mol. The lowest BCUT2D eigenvalue weighted by Gasteiger charge is -2.27. The molecule has 2 heterocycles.